The standard InChI is InChI=1S/C18H17NOS2/c20-18(17-11-14-3-1-2-4-16(14)22-17)19-8-5-13(6-9-19)15-7-10-21-12-15/h1-4,7,10-13H,5-6,8-9H2. The molecule has 0 radical (unpaired) electrons. The Kier molecular flexibility index (Phi) is 3.72. The van der Waals surface area contributed by atoms with Crippen LogP contribution >= 0.6 is 22.7 Å². The fourth-order valence-corrected chi connectivity index (χ4v) is 4.94. The minimum absolute atomic E-state index is 0.199. The van der Waals surface area contributed by atoms with E-state index in [-0.39, 0.29) is 5.91 Å². The molecule has 1 aromatic carbocycles. The van der Waals surface area contributed by atoms with Crippen LogP contribution in [0.4, 0.5) is 0 Å². The van der Waals surface area contributed by atoms with Gasteiger partial charge in [-0.2, -0.15) is 11.3 Å². The van der Waals surface area contributed by atoms with E-state index in [0.717, 1.165) is 30.8 Å². The van der Waals surface area contributed by atoms with Crippen LogP contribution in [0, 0.1) is 0 Å². The van der Waals surface area contributed by atoms with E-state index in [1.54, 1.807) is 22.7 Å². The van der Waals surface area contributed by atoms with E-state index in [9.17, 15) is 4.79 Å². The number of amides is 1. The Bertz CT molecular complexity index is 749. The number of rotatable bonds is 2. The van der Waals surface area contributed by atoms with Crippen molar-refractivity contribution in [1.29, 1.82) is 0 Å². The van der Waals surface area contributed by atoms with Crippen molar-refractivity contribution in [3.63, 3.8) is 0 Å². The maximum atomic E-state index is 12.7. The van der Waals surface area contributed by atoms with Crippen molar-refractivity contribution < 1.29 is 4.79 Å². The van der Waals surface area contributed by atoms with E-state index in [4.69, 9.17) is 0 Å². The number of fused-ring (bicyclic) bond motifs is 1. The molecule has 1 aliphatic heterocycles. The molecule has 1 fully saturated rings. The SMILES string of the molecule is O=C(c1cc2ccccc2s1)N1CCC(c2ccsc2)CC1. The zero-order chi connectivity index (χ0) is 14.9. The van der Waals surface area contributed by atoms with Gasteiger partial charge in [-0.15, -0.1) is 11.3 Å². The van der Waals surface area contributed by atoms with Crippen LogP contribution in [0.1, 0.15) is 34.0 Å². The minimum Gasteiger partial charge on any atom is -0.338 e. The first-order chi connectivity index (χ1) is 10.8. The number of hydrogen-bond acceptors (Lipinski definition) is 3. The number of likely N-dealkylation sites (tertiary alicyclic amines) is 1. The summed E-state index contributed by atoms with van der Waals surface area (Å²) in [6.07, 6.45) is 2.15. The largest absolute Gasteiger partial charge is 0.338 e. The Morgan fingerprint density at radius 3 is 2.68 bits per heavy atom. The number of carbonyl (C=O) groups is 1. The van der Waals surface area contributed by atoms with E-state index in [0.29, 0.717) is 5.92 Å². The smallest absolute Gasteiger partial charge is 0.263 e. The fourth-order valence-electron chi connectivity index (χ4n) is 3.17. The lowest BCUT2D eigenvalue weighted by atomic mass is 9.91. The first kappa shape index (κ1) is 14.0. The Morgan fingerprint density at radius 1 is 1.14 bits per heavy atom. The summed E-state index contributed by atoms with van der Waals surface area (Å²) in [5, 5.41) is 5.56. The summed E-state index contributed by atoms with van der Waals surface area (Å²) >= 11 is 3.37. The molecule has 0 spiro atoms. The molecule has 0 N–H and O–H groups in total. The van der Waals surface area contributed by atoms with E-state index in [2.05, 4.69) is 29.0 Å². The van der Waals surface area contributed by atoms with Gasteiger partial charge in [0.15, 0.2) is 0 Å². The van der Waals surface area contributed by atoms with E-state index < -0.39 is 0 Å². The Morgan fingerprint density at radius 2 is 1.95 bits per heavy atom. The summed E-state index contributed by atoms with van der Waals surface area (Å²) in [6.45, 7) is 1.74. The molecule has 1 saturated heterocycles. The Labute approximate surface area is 138 Å². The van der Waals surface area contributed by atoms with Crippen molar-refractivity contribution in [2.75, 3.05) is 13.1 Å². The third-order valence-electron chi connectivity index (χ3n) is 4.43. The molecule has 4 rings (SSSR count). The summed E-state index contributed by atoms with van der Waals surface area (Å²) in [5.41, 5.74) is 1.44. The first-order valence-electron chi connectivity index (χ1n) is 7.61. The Balaban J connectivity index is 1.47. The lowest BCUT2D eigenvalue weighted by molar-refractivity contribution is 0.0718. The molecule has 1 amide bonds. The Hall–Kier alpha value is -1.65. The second-order valence-electron chi connectivity index (χ2n) is 5.77. The molecular formula is C18H17NOS2. The van der Waals surface area contributed by atoms with Gasteiger partial charge >= 0.3 is 0 Å². The van der Waals surface area contributed by atoms with Gasteiger partial charge in [-0.3, -0.25) is 4.79 Å². The van der Waals surface area contributed by atoms with E-state index in [1.807, 2.05) is 23.1 Å². The first-order valence-corrected chi connectivity index (χ1v) is 9.37. The highest BCUT2D eigenvalue weighted by molar-refractivity contribution is 7.20. The number of nitrogens with zero attached hydrogens (tertiary/aromatic N) is 1. The van der Waals surface area contributed by atoms with Crippen molar-refractivity contribution in [1.82, 2.24) is 4.90 Å². The van der Waals surface area contributed by atoms with Crippen LogP contribution in [-0.4, -0.2) is 23.9 Å². The molecule has 3 aromatic rings. The van der Waals surface area contributed by atoms with Crippen LogP contribution in [0.25, 0.3) is 10.1 Å². The number of hydrogen-bond donors (Lipinski definition) is 0. The zero-order valence-corrected chi connectivity index (χ0v) is 13.8. The highest BCUT2D eigenvalue weighted by atomic mass is 32.1. The normalized spacial score (nSPS) is 16.3. The molecule has 1 aliphatic rings. The van der Waals surface area contributed by atoms with Gasteiger partial charge in [0.25, 0.3) is 5.91 Å². The predicted octanol–water partition coefficient (Wildman–Crippen LogP) is 4.98. The van der Waals surface area contributed by atoms with Crippen LogP contribution in [0.15, 0.2) is 47.2 Å². The van der Waals surface area contributed by atoms with Crippen LogP contribution in [-0.2, 0) is 0 Å². The van der Waals surface area contributed by atoms with E-state index >= 15 is 0 Å². The third-order valence-corrected chi connectivity index (χ3v) is 6.24. The number of piperidine rings is 1. The molecule has 2 aromatic heterocycles. The minimum atomic E-state index is 0.199. The van der Waals surface area contributed by atoms with Crippen molar-refractivity contribution in [2.45, 2.75) is 18.8 Å². The van der Waals surface area contributed by atoms with Gasteiger partial charge in [0.1, 0.15) is 0 Å². The van der Waals surface area contributed by atoms with Crippen LogP contribution in [0.3, 0.4) is 0 Å². The van der Waals surface area contributed by atoms with Crippen molar-refractivity contribution >= 4 is 38.7 Å². The summed E-state index contributed by atoms with van der Waals surface area (Å²) in [6, 6.07) is 12.5. The van der Waals surface area contributed by atoms with Gasteiger partial charge in [0, 0.05) is 17.8 Å². The second-order valence-corrected chi connectivity index (χ2v) is 7.64. The zero-order valence-electron chi connectivity index (χ0n) is 12.2. The molecule has 2 nitrogen and oxygen atoms in total. The van der Waals surface area contributed by atoms with E-state index in [1.165, 1.54) is 15.6 Å². The molecule has 0 bridgehead atoms. The van der Waals surface area contributed by atoms with Gasteiger partial charge in [-0.05, 0) is 58.7 Å². The van der Waals surface area contributed by atoms with Gasteiger partial charge in [0.05, 0.1) is 4.88 Å². The maximum Gasteiger partial charge on any atom is 0.263 e. The molecule has 0 unspecified atom stereocenters. The summed E-state index contributed by atoms with van der Waals surface area (Å²) in [4.78, 5) is 15.6. The molecule has 4 heteroatoms. The van der Waals surface area contributed by atoms with Crippen molar-refractivity contribution in [3.05, 3.63) is 57.6 Å². The average Bonchev–Trinajstić information content (AvgIpc) is 3.23. The number of carbonyl (C=O) groups excluding carboxylic acids is 1. The monoisotopic (exact) mass is 327 g/mol. The maximum absolute atomic E-state index is 12.7. The highest BCUT2D eigenvalue weighted by Crippen LogP contribution is 2.31. The average molecular weight is 327 g/mol. The van der Waals surface area contributed by atoms with Gasteiger partial charge in [-0.25, -0.2) is 0 Å². The fraction of sp³-hybridized carbons (Fsp3) is 0.278. The van der Waals surface area contributed by atoms with Gasteiger partial charge in [0.2, 0.25) is 0 Å². The van der Waals surface area contributed by atoms with Gasteiger partial charge in [-0.1, -0.05) is 18.2 Å². The van der Waals surface area contributed by atoms with Crippen molar-refractivity contribution in [3.8, 4) is 0 Å². The lowest BCUT2D eigenvalue weighted by Crippen LogP contribution is -2.37. The molecule has 22 heavy (non-hydrogen) atoms. The topological polar surface area (TPSA) is 20.3 Å². The van der Waals surface area contributed by atoms with Crippen LogP contribution in [0.5, 0.6) is 0 Å². The summed E-state index contributed by atoms with van der Waals surface area (Å²) in [5.74, 6) is 0.822. The molecule has 0 saturated carbocycles. The quantitative estimate of drug-likeness (QED) is 0.650. The highest BCUT2D eigenvalue weighted by Gasteiger charge is 2.25. The second kappa shape index (κ2) is 5.86. The summed E-state index contributed by atoms with van der Waals surface area (Å²) < 4.78 is 1.19. The lowest BCUT2D eigenvalue weighted by Gasteiger charge is -2.31. The van der Waals surface area contributed by atoms with Crippen LogP contribution in [0.2, 0.25) is 0 Å². The molecular weight excluding hydrogens is 310 g/mol. The molecule has 0 atom stereocenters. The summed E-state index contributed by atoms with van der Waals surface area (Å²) in [7, 11) is 0. The van der Waals surface area contributed by atoms with Gasteiger partial charge < -0.3 is 4.90 Å². The van der Waals surface area contributed by atoms with Crippen LogP contribution < -0.4 is 0 Å². The third kappa shape index (κ3) is 2.57. The van der Waals surface area contributed by atoms with Crippen molar-refractivity contribution in [2.24, 2.45) is 0 Å². The number of benzene rings is 1. The predicted molar refractivity (Wildman–Crippen MR) is 94.0 cm³/mol. The molecule has 0 aliphatic carbocycles. The number of thiophene rings is 2. The molecule has 112 valence electrons. The molecule has 3 heterocycles.